The number of rotatable bonds is 7. The summed E-state index contributed by atoms with van der Waals surface area (Å²) in [5.41, 5.74) is 8.10. The molecule has 0 saturated carbocycles. The van der Waals surface area contributed by atoms with Crippen molar-refractivity contribution in [3.63, 3.8) is 0 Å². The fourth-order valence-corrected chi connectivity index (χ4v) is 2.74. The summed E-state index contributed by atoms with van der Waals surface area (Å²) in [6, 6.07) is 7.73. The van der Waals surface area contributed by atoms with Gasteiger partial charge in [-0.3, -0.25) is 10.2 Å². The van der Waals surface area contributed by atoms with Crippen LogP contribution in [0, 0.1) is 0 Å². The Hall–Kier alpha value is -2.61. The predicted octanol–water partition coefficient (Wildman–Crippen LogP) is 2.96. The highest BCUT2D eigenvalue weighted by Gasteiger charge is 2.04. The third-order valence-corrected chi connectivity index (χ3v) is 3.85. The van der Waals surface area contributed by atoms with Crippen LogP contribution in [-0.2, 0) is 22.4 Å². The SMILES string of the molecule is CCOC(=O)NNc1ccc(CCc2csc(NC(C)=O)n2)cc1. The summed E-state index contributed by atoms with van der Waals surface area (Å²) >= 11 is 1.42. The van der Waals surface area contributed by atoms with Gasteiger partial charge in [0, 0.05) is 12.3 Å². The first-order valence-corrected chi connectivity index (χ1v) is 8.44. The second-order valence-corrected chi connectivity index (χ2v) is 5.85. The minimum Gasteiger partial charge on any atom is -0.449 e. The molecule has 1 aromatic heterocycles. The van der Waals surface area contributed by atoms with Crippen LogP contribution in [0.5, 0.6) is 0 Å². The molecule has 0 aliphatic heterocycles. The summed E-state index contributed by atoms with van der Waals surface area (Å²) in [4.78, 5) is 26.5. The molecule has 0 fully saturated rings. The van der Waals surface area contributed by atoms with Gasteiger partial charge >= 0.3 is 6.09 Å². The van der Waals surface area contributed by atoms with E-state index in [0.717, 1.165) is 29.8 Å². The average Bonchev–Trinajstić information content (AvgIpc) is 2.99. The number of ether oxygens (including phenoxy) is 1. The van der Waals surface area contributed by atoms with Gasteiger partial charge in [-0.15, -0.1) is 11.3 Å². The summed E-state index contributed by atoms with van der Waals surface area (Å²) < 4.78 is 4.76. The largest absolute Gasteiger partial charge is 0.449 e. The van der Waals surface area contributed by atoms with Crippen molar-refractivity contribution in [2.75, 3.05) is 17.3 Å². The van der Waals surface area contributed by atoms with Crippen LogP contribution < -0.4 is 16.2 Å². The van der Waals surface area contributed by atoms with E-state index in [-0.39, 0.29) is 5.91 Å². The van der Waals surface area contributed by atoms with E-state index >= 15 is 0 Å². The number of hydrogen-bond acceptors (Lipinski definition) is 6. The number of nitrogens with one attached hydrogen (secondary N) is 3. The third-order valence-electron chi connectivity index (χ3n) is 3.04. The van der Waals surface area contributed by atoms with Crippen LogP contribution in [0.3, 0.4) is 0 Å². The Balaban J connectivity index is 1.80. The number of carbonyl (C=O) groups is 2. The van der Waals surface area contributed by atoms with Crippen molar-refractivity contribution in [1.29, 1.82) is 0 Å². The maximum Gasteiger partial charge on any atom is 0.425 e. The molecule has 1 heterocycles. The molecule has 2 rings (SSSR count). The average molecular weight is 348 g/mol. The Labute approximate surface area is 144 Å². The van der Waals surface area contributed by atoms with Gasteiger partial charge in [0.15, 0.2) is 5.13 Å². The molecule has 1 aromatic carbocycles. The molecule has 0 aliphatic rings. The molecule has 0 atom stereocenters. The van der Waals surface area contributed by atoms with Crippen molar-refractivity contribution in [2.45, 2.75) is 26.7 Å². The van der Waals surface area contributed by atoms with Gasteiger partial charge in [0.05, 0.1) is 18.0 Å². The monoisotopic (exact) mass is 348 g/mol. The first-order valence-electron chi connectivity index (χ1n) is 7.56. The van der Waals surface area contributed by atoms with Crippen molar-refractivity contribution < 1.29 is 14.3 Å². The van der Waals surface area contributed by atoms with E-state index in [1.54, 1.807) is 6.92 Å². The molecule has 2 aromatic rings. The molecule has 0 aliphatic carbocycles. The lowest BCUT2D eigenvalue weighted by Gasteiger charge is -2.08. The molecule has 0 bridgehead atoms. The van der Waals surface area contributed by atoms with Gasteiger partial charge in [0.25, 0.3) is 0 Å². The minimum atomic E-state index is -0.514. The lowest BCUT2D eigenvalue weighted by Crippen LogP contribution is -2.29. The molecular weight excluding hydrogens is 328 g/mol. The number of hydrazine groups is 1. The van der Waals surface area contributed by atoms with Crippen LogP contribution in [0.25, 0.3) is 0 Å². The number of nitrogens with zero attached hydrogens (tertiary/aromatic N) is 1. The smallest absolute Gasteiger partial charge is 0.425 e. The molecular formula is C16H20N4O3S. The van der Waals surface area contributed by atoms with E-state index in [2.05, 4.69) is 21.2 Å². The van der Waals surface area contributed by atoms with Crippen LogP contribution in [-0.4, -0.2) is 23.6 Å². The fourth-order valence-electron chi connectivity index (χ4n) is 1.95. The van der Waals surface area contributed by atoms with Gasteiger partial charge < -0.3 is 10.1 Å². The number of anilines is 2. The van der Waals surface area contributed by atoms with Crippen LogP contribution in [0.2, 0.25) is 0 Å². The second-order valence-electron chi connectivity index (χ2n) is 4.99. The molecule has 0 unspecified atom stereocenters. The maximum absolute atomic E-state index is 11.2. The highest BCUT2D eigenvalue weighted by atomic mass is 32.1. The van der Waals surface area contributed by atoms with Crippen molar-refractivity contribution in [3.8, 4) is 0 Å². The zero-order valence-electron chi connectivity index (χ0n) is 13.6. The van der Waals surface area contributed by atoms with Gasteiger partial charge in [-0.25, -0.2) is 15.2 Å². The van der Waals surface area contributed by atoms with Gasteiger partial charge in [-0.2, -0.15) is 0 Å². The van der Waals surface area contributed by atoms with Gasteiger partial charge in [-0.1, -0.05) is 12.1 Å². The van der Waals surface area contributed by atoms with E-state index in [9.17, 15) is 9.59 Å². The van der Waals surface area contributed by atoms with Crippen LogP contribution in [0.1, 0.15) is 25.1 Å². The molecule has 0 saturated heterocycles. The molecule has 0 spiro atoms. The predicted molar refractivity (Wildman–Crippen MR) is 94.0 cm³/mol. The van der Waals surface area contributed by atoms with Crippen LogP contribution in [0.15, 0.2) is 29.6 Å². The molecule has 0 radical (unpaired) electrons. The van der Waals surface area contributed by atoms with Crippen molar-refractivity contribution in [3.05, 3.63) is 40.9 Å². The van der Waals surface area contributed by atoms with Crippen LogP contribution >= 0.6 is 11.3 Å². The lowest BCUT2D eigenvalue weighted by molar-refractivity contribution is -0.114. The Morgan fingerprint density at radius 3 is 2.62 bits per heavy atom. The number of thiazole rings is 1. The highest BCUT2D eigenvalue weighted by Crippen LogP contribution is 2.17. The Morgan fingerprint density at radius 2 is 1.96 bits per heavy atom. The van der Waals surface area contributed by atoms with Gasteiger partial charge in [0.1, 0.15) is 0 Å². The summed E-state index contributed by atoms with van der Waals surface area (Å²) in [5, 5.41) is 5.25. The van der Waals surface area contributed by atoms with E-state index in [1.165, 1.54) is 18.3 Å². The summed E-state index contributed by atoms with van der Waals surface area (Å²) in [6.45, 7) is 3.54. The lowest BCUT2D eigenvalue weighted by atomic mass is 10.1. The first-order chi connectivity index (χ1) is 11.6. The zero-order valence-corrected chi connectivity index (χ0v) is 14.4. The number of aromatic nitrogens is 1. The Kier molecular flexibility index (Phi) is 6.56. The first kappa shape index (κ1) is 17.7. The normalized spacial score (nSPS) is 10.1. The molecule has 128 valence electrons. The second kappa shape index (κ2) is 8.88. The minimum absolute atomic E-state index is 0.115. The van der Waals surface area contributed by atoms with Crippen molar-refractivity contribution >= 4 is 34.2 Å². The molecule has 7 nitrogen and oxygen atoms in total. The quantitative estimate of drug-likeness (QED) is 0.669. The van der Waals surface area contributed by atoms with E-state index in [4.69, 9.17) is 4.74 Å². The number of hydrogen-bond donors (Lipinski definition) is 3. The fraction of sp³-hybridized carbons (Fsp3) is 0.312. The van der Waals surface area contributed by atoms with E-state index in [0.29, 0.717) is 11.7 Å². The standard InChI is InChI=1S/C16H20N4O3S/c1-3-23-16(22)20-19-13-7-4-12(5-8-13)6-9-14-10-24-15(18-14)17-11(2)21/h4-5,7-8,10,19H,3,6,9H2,1-2H3,(H,20,22)(H,17,18,21). The van der Waals surface area contributed by atoms with E-state index in [1.807, 2.05) is 29.6 Å². The molecule has 3 N–H and O–H groups in total. The topological polar surface area (TPSA) is 92.4 Å². The van der Waals surface area contributed by atoms with Crippen LogP contribution in [0.4, 0.5) is 15.6 Å². The van der Waals surface area contributed by atoms with Gasteiger partial charge in [0.2, 0.25) is 5.91 Å². The summed E-state index contributed by atoms with van der Waals surface area (Å²) in [5.74, 6) is -0.115. The Morgan fingerprint density at radius 1 is 1.21 bits per heavy atom. The maximum atomic E-state index is 11.2. The van der Waals surface area contributed by atoms with Crippen molar-refractivity contribution in [1.82, 2.24) is 10.4 Å². The number of amides is 2. The molecule has 24 heavy (non-hydrogen) atoms. The number of aryl methyl sites for hydroxylation is 2. The van der Waals surface area contributed by atoms with E-state index < -0.39 is 6.09 Å². The number of benzene rings is 1. The van der Waals surface area contributed by atoms with Crippen molar-refractivity contribution in [2.24, 2.45) is 0 Å². The number of carbonyl (C=O) groups excluding carboxylic acids is 2. The Bertz CT molecular complexity index is 685. The summed E-state index contributed by atoms with van der Waals surface area (Å²) in [6.07, 6.45) is 1.12. The van der Waals surface area contributed by atoms with Gasteiger partial charge in [-0.05, 0) is 37.5 Å². The molecule has 8 heteroatoms. The third kappa shape index (κ3) is 5.88. The highest BCUT2D eigenvalue weighted by molar-refractivity contribution is 7.13. The molecule has 2 amide bonds. The zero-order chi connectivity index (χ0) is 17.4. The summed E-state index contributed by atoms with van der Waals surface area (Å²) in [7, 11) is 0.